The largest absolute Gasteiger partial charge is 0.480 e. The number of carboxylic acids is 1. The van der Waals surface area contributed by atoms with E-state index >= 15 is 0 Å². The molecule has 1 aliphatic heterocycles. The van der Waals surface area contributed by atoms with Crippen LogP contribution in [0.5, 0.6) is 0 Å². The SMILES string of the molecule is Cc1cc(C)cc(CC(=O)N2CCC2(C)C(=O)N(Cc2ccc(Cl)cc2)C(C)C(=O)O)c1. The van der Waals surface area contributed by atoms with Crippen LogP contribution >= 0.6 is 11.6 Å². The van der Waals surface area contributed by atoms with Gasteiger partial charge < -0.3 is 14.9 Å². The van der Waals surface area contributed by atoms with Gasteiger partial charge in [0.15, 0.2) is 0 Å². The Balaban J connectivity index is 1.81. The molecule has 32 heavy (non-hydrogen) atoms. The minimum absolute atomic E-state index is 0.123. The fourth-order valence-electron chi connectivity index (χ4n) is 4.24. The summed E-state index contributed by atoms with van der Waals surface area (Å²) >= 11 is 5.95. The van der Waals surface area contributed by atoms with E-state index in [0.29, 0.717) is 18.0 Å². The monoisotopic (exact) mass is 456 g/mol. The van der Waals surface area contributed by atoms with Gasteiger partial charge in [-0.25, -0.2) is 4.79 Å². The molecule has 1 aliphatic rings. The Bertz CT molecular complexity index is 1020. The molecule has 2 unspecified atom stereocenters. The second-order valence-corrected chi connectivity index (χ2v) is 9.25. The van der Waals surface area contributed by atoms with Gasteiger partial charge in [-0.2, -0.15) is 0 Å². The van der Waals surface area contributed by atoms with Crippen LogP contribution in [0.15, 0.2) is 42.5 Å². The topological polar surface area (TPSA) is 77.9 Å². The van der Waals surface area contributed by atoms with Gasteiger partial charge in [0.2, 0.25) is 11.8 Å². The number of aryl methyl sites for hydroxylation is 2. The van der Waals surface area contributed by atoms with Crippen LogP contribution in [0.2, 0.25) is 5.02 Å². The summed E-state index contributed by atoms with van der Waals surface area (Å²) in [5, 5.41) is 10.2. The maximum Gasteiger partial charge on any atom is 0.326 e. The van der Waals surface area contributed by atoms with Crippen LogP contribution in [0.25, 0.3) is 0 Å². The number of rotatable bonds is 7. The first-order valence-corrected chi connectivity index (χ1v) is 11.0. The number of hydrogen-bond acceptors (Lipinski definition) is 3. The first-order chi connectivity index (χ1) is 15.0. The van der Waals surface area contributed by atoms with E-state index in [0.717, 1.165) is 22.3 Å². The predicted molar refractivity (Wildman–Crippen MR) is 123 cm³/mol. The Morgan fingerprint density at radius 1 is 1.09 bits per heavy atom. The number of carbonyl (C=O) groups is 3. The minimum Gasteiger partial charge on any atom is -0.480 e. The van der Waals surface area contributed by atoms with Crippen molar-refractivity contribution in [1.29, 1.82) is 0 Å². The number of likely N-dealkylation sites (tertiary alicyclic amines) is 1. The van der Waals surface area contributed by atoms with Crippen molar-refractivity contribution in [2.45, 2.75) is 58.7 Å². The van der Waals surface area contributed by atoms with E-state index in [2.05, 4.69) is 0 Å². The number of amides is 2. The van der Waals surface area contributed by atoms with E-state index in [1.807, 2.05) is 32.0 Å². The second kappa shape index (κ2) is 9.33. The van der Waals surface area contributed by atoms with Crippen molar-refractivity contribution >= 4 is 29.4 Å². The minimum atomic E-state index is -1.09. The van der Waals surface area contributed by atoms with Gasteiger partial charge in [-0.15, -0.1) is 0 Å². The quantitative estimate of drug-likeness (QED) is 0.683. The van der Waals surface area contributed by atoms with Gasteiger partial charge in [-0.1, -0.05) is 53.1 Å². The standard InChI is InChI=1S/C25H29ClN2O4/c1-16-11-17(2)13-20(12-16)14-22(29)28-10-9-25(28,4)24(32)27(18(3)23(30)31)15-19-5-7-21(26)8-6-19/h5-8,11-13,18H,9-10,14-15H2,1-4H3,(H,30,31). The van der Waals surface area contributed by atoms with Crippen molar-refractivity contribution < 1.29 is 19.5 Å². The van der Waals surface area contributed by atoms with E-state index in [1.165, 1.54) is 11.8 Å². The predicted octanol–water partition coefficient (Wildman–Crippen LogP) is 3.99. The van der Waals surface area contributed by atoms with Gasteiger partial charge in [0.05, 0.1) is 6.42 Å². The number of aliphatic carboxylic acids is 1. The second-order valence-electron chi connectivity index (χ2n) is 8.82. The highest BCUT2D eigenvalue weighted by Gasteiger charge is 2.52. The first kappa shape index (κ1) is 23.8. The molecule has 2 aromatic carbocycles. The van der Waals surface area contributed by atoms with Crippen LogP contribution in [0.4, 0.5) is 0 Å². The van der Waals surface area contributed by atoms with Crippen LogP contribution in [0.1, 0.15) is 42.5 Å². The summed E-state index contributed by atoms with van der Waals surface area (Å²) in [5.41, 5.74) is 2.78. The molecule has 0 radical (unpaired) electrons. The van der Waals surface area contributed by atoms with Crippen LogP contribution < -0.4 is 0 Å². The van der Waals surface area contributed by atoms with Crippen LogP contribution in [-0.2, 0) is 27.3 Å². The molecule has 1 heterocycles. The molecular formula is C25H29ClN2O4. The fraction of sp³-hybridized carbons (Fsp3) is 0.400. The van der Waals surface area contributed by atoms with Crippen LogP contribution in [0, 0.1) is 13.8 Å². The summed E-state index contributed by atoms with van der Waals surface area (Å²) in [7, 11) is 0. The molecule has 1 fully saturated rings. The summed E-state index contributed by atoms with van der Waals surface area (Å²) in [6, 6.07) is 11.9. The summed E-state index contributed by atoms with van der Waals surface area (Å²) in [6.07, 6.45) is 0.699. The smallest absolute Gasteiger partial charge is 0.326 e. The molecule has 2 aromatic rings. The zero-order chi connectivity index (χ0) is 23.6. The van der Waals surface area contributed by atoms with E-state index in [1.54, 1.807) is 36.1 Å². The molecule has 0 aromatic heterocycles. The summed E-state index contributed by atoms with van der Waals surface area (Å²) in [6.45, 7) is 7.78. The van der Waals surface area contributed by atoms with Crippen molar-refractivity contribution in [3.63, 3.8) is 0 Å². The number of hydrogen-bond donors (Lipinski definition) is 1. The van der Waals surface area contributed by atoms with Gasteiger partial charge in [0, 0.05) is 18.1 Å². The lowest BCUT2D eigenvalue weighted by Gasteiger charge is -2.51. The molecular weight excluding hydrogens is 428 g/mol. The lowest BCUT2D eigenvalue weighted by molar-refractivity contribution is -0.168. The highest BCUT2D eigenvalue weighted by Crippen LogP contribution is 2.34. The molecule has 7 heteroatoms. The molecule has 6 nitrogen and oxygen atoms in total. The van der Waals surface area contributed by atoms with E-state index in [4.69, 9.17) is 11.6 Å². The zero-order valence-corrected chi connectivity index (χ0v) is 19.6. The molecule has 1 saturated heterocycles. The van der Waals surface area contributed by atoms with Crippen molar-refractivity contribution in [2.24, 2.45) is 0 Å². The summed E-state index contributed by atoms with van der Waals surface area (Å²) in [4.78, 5) is 41.3. The van der Waals surface area contributed by atoms with Crippen LogP contribution in [0.3, 0.4) is 0 Å². The molecule has 0 spiro atoms. The molecule has 3 rings (SSSR count). The van der Waals surface area contributed by atoms with E-state index < -0.39 is 17.6 Å². The molecule has 0 saturated carbocycles. The normalized spacial score (nSPS) is 18.6. The number of carboxylic acid groups (broad SMARTS) is 1. The van der Waals surface area contributed by atoms with Gasteiger partial charge in [0.1, 0.15) is 11.6 Å². The Morgan fingerprint density at radius 2 is 1.69 bits per heavy atom. The summed E-state index contributed by atoms with van der Waals surface area (Å²) in [5.74, 6) is -1.59. The van der Waals surface area contributed by atoms with Crippen LogP contribution in [-0.4, -0.2) is 50.8 Å². The lowest BCUT2D eigenvalue weighted by atomic mass is 9.83. The lowest BCUT2D eigenvalue weighted by Crippen LogP contribution is -2.69. The maximum atomic E-state index is 13.6. The Labute approximate surface area is 193 Å². The average molecular weight is 457 g/mol. The molecule has 2 atom stereocenters. The number of benzene rings is 2. The average Bonchev–Trinajstić information content (AvgIpc) is 2.70. The molecule has 1 N–H and O–H groups in total. The summed E-state index contributed by atoms with van der Waals surface area (Å²) < 4.78 is 0. The Morgan fingerprint density at radius 3 is 2.19 bits per heavy atom. The van der Waals surface area contributed by atoms with Gasteiger partial charge in [-0.05, 0) is 57.4 Å². The van der Waals surface area contributed by atoms with Crippen molar-refractivity contribution in [1.82, 2.24) is 9.80 Å². The fourth-order valence-corrected chi connectivity index (χ4v) is 4.36. The number of nitrogens with zero attached hydrogens (tertiary/aromatic N) is 2. The third-order valence-electron chi connectivity index (χ3n) is 6.17. The zero-order valence-electron chi connectivity index (χ0n) is 18.9. The number of halogens is 1. The highest BCUT2D eigenvalue weighted by molar-refractivity contribution is 6.30. The molecule has 0 aliphatic carbocycles. The number of carbonyl (C=O) groups excluding carboxylic acids is 2. The first-order valence-electron chi connectivity index (χ1n) is 10.7. The van der Waals surface area contributed by atoms with E-state index in [-0.39, 0.29) is 24.8 Å². The van der Waals surface area contributed by atoms with Crippen molar-refractivity contribution in [3.05, 3.63) is 69.7 Å². The Kier molecular flexibility index (Phi) is 6.94. The highest BCUT2D eigenvalue weighted by atomic mass is 35.5. The Hall–Kier alpha value is -2.86. The molecule has 2 amide bonds. The van der Waals surface area contributed by atoms with Crippen molar-refractivity contribution in [2.75, 3.05) is 6.54 Å². The third kappa shape index (κ3) is 4.96. The van der Waals surface area contributed by atoms with Crippen molar-refractivity contribution in [3.8, 4) is 0 Å². The maximum absolute atomic E-state index is 13.6. The molecule has 170 valence electrons. The van der Waals surface area contributed by atoms with Gasteiger partial charge >= 0.3 is 5.97 Å². The van der Waals surface area contributed by atoms with Gasteiger partial charge in [0.25, 0.3) is 0 Å². The molecule has 0 bridgehead atoms. The van der Waals surface area contributed by atoms with Gasteiger partial charge in [-0.3, -0.25) is 9.59 Å². The third-order valence-corrected chi connectivity index (χ3v) is 6.42. The van der Waals surface area contributed by atoms with E-state index in [9.17, 15) is 19.5 Å².